The van der Waals surface area contributed by atoms with Crippen molar-refractivity contribution in [2.75, 3.05) is 34.3 Å². The van der Waals surface area contributed by atoms with E-state index >= 15 is 0 Å². The zero-order valence-corrected chi connectivity index (χ0v) is 15.4. The van der Waals surface area contributed by atoms with Gasteiger partial charge >= 0.3 is 0 Å². The van der Waals surface area contributed by atoms with Crippen molar-refractivity contribution in [1.82, 2.24) is 19.6 Å². The van der Waals surface area contributed by atoms with Crippen molar-refractivity contribution >= 4 is 11.8 Å². The van der Waals surface area contributed by atoms with Crippen LogP contribution >= 0.6 is 0 Å². The number of likely N-dealkylation sites (N-methyl/N-ethyl adjacent to an activating group) is 1. The summed E-state index contributed by atoms with van der Waals surface area (Å²) in [6.07, 6.45) is 4.57. The van der Waals surface area contributed by atoms with E-state index in [1.807, 2.05) is 12.3 Å². The van der Waals surface area contributed by atoms with Gasteiger partial charge in [0, 0.05) is 45.1 Å². The van der Waals surface area contributed by atoms with Crippen LogP contribution in [0, 0.1) is 0 Å². The molecular formula is C19H24N4O3. The summed E-state index contributed by atoms with van der Waals surface area (Å²) >= 11 is 0. The van der Waals surface area contributed by atoms with Crippen LogP contribution in [0.15, 0.2) is 42.7 Å². The summed E-state index contributed by atoms with van der Waals surface area (Å²) in [6.45, 7) is 1.01. The normalized spacial score (nSPS) is 16.2. The molecule has 0 aliphatic carbocycles. The highest BCUT2D eigenvalue weighted by molar-refractivity contribution is 5.94. The molecule has 0 spiro atoms. The van der Waals surface area contributed by atoms with E-state index in [4.69, 9.17) is 4.74 Å². The van der Waals surface area contributed by atoms with Crippen LogP contribution in [0.2, 0.25) is 0 Å². The number of rotatable bonds is 4. The van der Waals surface area contributed by atoms with Gasteiger partial charge in [-0.25, -0.2) is 0 Å². The fraction of sp³-hybridized carbons (Fsp3) is 0.421. The zero-order valence-electron chi connectivity index (χ0n) is 15.4. The highest BCUT2D eigenvalue weighted by atomic mass is 16.5. The molecule has 1 aliphatic heterocycles. The fourth-order valence-electron chi connectivity index (χ4n) is 3.48. The molecule has 0 saturated carbocycles. The minimum absolute atomic E-state index is 0.0118. The van der Waals surface area contributed by atoms with E-state index in [0.29, 0.717) is 31.5 Å². The predicted octanol–water partition coefficient (Wildman–Crippen LogP) is 1.61. The van der Waals surface area contributed by atoms with E-state index < -0.39 is 5.54 Å². The van der Waals surface area contributed by atoms with Gasteiger partial charge in [0.25, 0.3) is 5.91 Å². The number of piperidine rings is 1. The number of carbonyl (C=O) groups is 2. The second kappa shape index (κ2) is 7.19. The molecule has 1 aromatic heterocycles. The highest BCUT2D eigenvalue weighted by Crippen LogP contribution is 2.32. The number of methoxy groups -OCH3 is 1. The minimum Gasteiger partial charge on any atom is -0.497 e. The van der Waals surface area contributed by atoms with Crippen LogP contribution < -0.4 is 4.74 Å². The topological polar surface area (TPSA) is 67.7 Å². The van der Waals surface area contributed by atoms with E-state index in [0.717, 1.165) is 5.75 Å². The van der Waals surface area contributed by atoms with Crippen LogP contribution in [-0.4, -0.2) is 65.7 Å². The van der Waals surface area contributed by atoms with Crippen molar-refractivity contribution < 1.29 is 14.3 Å². The van der Waals surface area contributed by atoms with Crippen molar-refractivity contribution in [3.8, 4) is 5.75 Å². The Balaban J connectivity index is 1.77. The van der Waals surface area contributed by atoms with Gasteiger partial charge in [0.1, 0.15) is 11.3 Å². The van der Waals surface area contributed by atoms with Crippen LogP contribution in [0.4, 0.5) is 0 Å². The van der Waals surface area contributed by atoms with Crippen LogP contribution in [0.5, 0.6) is 5.75 Å². The molecule has 2 amide bonds. The van der Waals surface area contributed by atoms with Crippen LogP contribution in [0.25, 0.3) is 0 Å². The lowest BCUT2D eigenvalue weighted by molar-refractivity contribution is -0.141. The number of hydrogen-bond acceptors (Lipinski definition) is 4. The van der Waals surface area contributed by atoms with E-state index in [9.17, 15) is 9.59 Å². The third-order valence-electron chi connectivity index (χ3n) is 4.96. The van der Waals surface area contributed by atoms with Gasteiger partial charge in [-0.2, -0.15) is 5.10 Å². The molecule has 3 rings (SSSR count). The number of carbonyl (C=O) groups excluding carboxylic acids is 2. The summed E-state index contributed by atoms with van der Waals surface area (Å²) in [5.41, 5.74) is -0.111. The summed E-state index contributed by atoms with van der Waals surface area (Å²) in [7, 11) is 5.10. The number of amides is 2. The molecule has 138 valence electrons. The average molecular weight is 356 g/mol. The molecule has 26 heavy (non-hydrogen) atoms. The molecule has 7 nitrogen and oxygen atoms in total. The van der Waals surface area contributed by atoms with Crippen molar-refractivity contribution in [3.63, 3.8) is 0 Å². The number of ether oxygens (including phenoxy) is 1. The SMILES string of the molecule is COc1ccc(C(=O)N2CCC(C(=O)N(C)C)(n3cccn3)CC2)cc1. The average Bonchev–Trinajstić information content (AvgIpc) is 3.22. The van der Waals surface area contributed by atoms with Crippen LogP contribution in [0.3, 0.4) is 0 Å². The Morgan fingerprint density at radius 1 is 1.15 bits per heavy atom. The molecule has 1 fully saturated rings. The third kappa shape index (κ3) is 3.16. The molecule has 0 unspecified atom stereocenters. The number of likely N-dealkylation sites (tertiary alicyclic amines) is 1. The van der Waals surface area contributed by atoms with E-state index in [2.05, 4.69) is 5.10 Å². The van der Waals surface area contributed by atoms with Gasteiger partial charge in [0.15, 0.2) is 0 Å². The standard InChI is InChI=1S/C19H24N4O3/c1-21(2)18(25)19(23-12-4-11-20-23)9-13-22(14-10-19)17(24)15-5-7-16(26-3)8-6-15/h4-8,11-12H,9-10,13-14H2,1-3H3. The lowest BCUT2D eigenvalue weighted by atomic mass is 9.86. The highest BCUT2D eigenvalue weighted by Gasteiger charge is 2.45. The summed E-state index contributed by atoms with van der Waals surface area (Å²) < 4.78 is 6.88. The van der Waals surface area contributed by atoms with Crippen LogP contribution in [0.1, 0.15) is 23.2 Å². The number of aromatic nitrogens is 2. The first-order valence-corrected chi connectivity index (χ1v) is 8.63. The zero-order chi connectivity index (χ0) is 18.7. The van der Waals surface area contributed by atoms with Gasteiger partial charge < -0.3 is 14.5 Å². The molecule has 1 aromatic carbocycles. The van der Waals surface area contributed by atoms with Crippen molar-refractivity contribution in [2.45, 2.75) is 18.4 Å². The Morgan fingerprint density at radius 3 is 2.31 bits per heavy atom. The summed E-state index contributed by atoms with van der Waals surface area (Å²) in [6, 6.07) is 8.91. The van der Waals surface area contributed by atoms with Gasteiger partial charge in [0.05, 0.1) is 7.11 Å². The van der Waals surface area contributed by atoms with Gasteiger partial charge in [-0.3, -0.25) is 14.3 Å². The maximum Gasteiger partial charge on any atom is 0.253 e. The summed E-state index contributed by atoms with van der Waals surface area (Å²) in [5, 5.41) is 4.31. The maximum absolute atomic E-state index is 12.9. The quantitative estimate of drug-likeness (QED) is 0.835. The lowest BCUT2D eigenvalue weighted by Gasteiger charge is -2.42. The Labute approximate surface area is 153 Å². The summed E-state index contributed by atoms with van der Waals surface area (Å²) in [4.78, 5) is 29.0. The van der Waals surface area contributed by atoms with Crippen LogP contribution in [-0.2, 0) is 10.3 Å². The van der Waals surface area contributed by atoms with Gasteiger partial charge in [0.2, 0.25) is 5.91 Å². The molecule has 2 aromatic rings. The first-order valence-electron chi connectivity index (χ1n) is 8.63. The largest absolute Gasteiger partial charge is 0.497 e. The molecule has 0 radical (unpaired) electrons. The first kappa shape index (κ1) is 18.0. The molecule has 1 saturated heterocycles. The molecule has 0 N–H and O–H groups in total. The molecular weight excluding hydrogens is 332 g/mol. The molecule has 7 heteroatoms. The second-order valence-corrected chi connectivity index (χ2v) is 6.70. The van der Waals surface area contributed by atoms with Crippen molar-refractivity contribution in [1.29, 1.82) is 0 Å². The smallest absolute Gasteiger partial charge is 0.253 e. The molecule has 1 aliphatic rings. The van der Waals surface area contributed by atoms with E-state index in [-0.39, 0.29) is 11.8 Å². The second-order valence-electron chi connectivity index (χ2n) is 6.70. The number of hydrogen-bond donors (Lipinski definition) is 0. The van der Waals surface area contributed by atoms with Crippen molar-refractivity contribution in [3.05, 3.63) is 48.3 Å². The Kier molecular flexibility index (Phi) is 4.97. The Bertz CT molecular complexity index is 761. The molecule has 2 heterocycles. The van der Waals surface area contributed by atoms with Crippen molar-refractivity contribution in [2.24, 2.45) is 0 Å². The number of benzene rings is 1. The summed E-state index contributed by atoms with van der Waals surface area (Å²) in [5.74, 6) is 0.700. The van der Waals surface area contributed by atoms with Gasteiger partial charge in [-0.15, -0.1) is 0 Å². The molecule has 0 bridgehead atoms. The third-order valence-corrected chi connectivity index (χ3v) is 4.96. The Morgan fingerprint density at radius 2 is 1.81 bits per heavy atom. The predicted molar refractivity (Wildman–Crippen MR) is 97.0 cm³/mol. The monoisotopic (exact) mass is 356 g/mol. The maximum atomic E-state index is 12.9. The van der Waals surface area contributed by atoms with E-state index in [1.54, 1.807) is 66.1 Å². The first-order chi connectivity index (χ1) is 12.5. The van der Waals surface area contributed by atoms with Gasteiger partial charge in [-0.05, 0) is 43.2 Å². The van der Waals surface area contributed by atoms with Gasteiger partial charge in [-0.1, -0.05) is 0 Å². The van der Waals surface area contributed by atoms with E-state index in [1.165, 1.54) is 0 Å². The molecule has 0 atom stereocenters. The minimum atomic E-state index is -0.732. The fourth-order valence-corrected chi connectivity index (χ4v) is 3.48. The number of nitrogens with zero attached hydrogens (tertiary/aromatic N) is 4. The Hall–Kier alpha value is -2.83. The lowest BCUT2D eigenvalue weighted by Crippen LogP contribution is -2.55.